The van der Waals surface area contributed by atoms with Crippen LogP contribution >= 0.6 is 0 Å². The number of rotatable bonds is 8. The fourth-order valence-corrected chi connectivity index (χ4v) is 3.13. The number of alkyl halides is 3. The normalized spacial score (nSPS) is 11.7. The van der Waals surface area contributed by atoms with E-state index in [1.807, 2.05) is 13.8 Å². The molecule has 0 aliphatic heterocycles. The van der Waals surface area contributed by atoms with Gasteiger partial charge in [0.2, 0.25) is 0 Å². The predicted octanol–water partition coefficient (Wildman–Crippen LogP) is 4.73. The lowest BCUT2D eigenvalue weighted by atomic mass is 9.97. The van der Waals surface area contributed by atoms with Crippen LogP contribution in [0, 0.1) is 6.92 Å². The molecule has 2 rings (SSSR count). The second-order valence-electron chi connectivity index (χ2n) is 6.38. The highest BCUT2D eigenvalue weighted by Crippen LogP contribution is 2.38. The predicted molar refractivity (Wildman–Crippen MR) is 102 cm³/mol. The summed E-state index contributed by atoms with van der Waals surface area (Å²) < 4.78 is 41.3. The number of anilines is 2. The number of nitrogens with zero attached hydrogens (tertiary/aromatic N) is 2. The van der Waals surface area contributed by atoms with Crippen molar-refractivity contribution < 1.29 is 23.1 Å². The van der Waals surface area contributed by atoms with Crippen LogP contribution in [0.5, 0.6) is 0 Å². The number of likely N-dealkylation sites (N-methyl/N-ethyl adjacent to an activating group) is 1. The van der Waals surface area contributed by atoms with E-state index in [-0.39, 0.29) is 34.6 Å². The number of benzene rings is 1. The summed E-state index contributed by atoms with van der Waals surface area (Å²) in [5.41, 5.74) is -0.368. The first kappa shape index (κ1) is 21.7. The van der Waals surface area contributed by atoms with Crippen LogP contribution < -0.4 is 5.32 Å². The Balaban J connectivity index is 2.42. The number of hydrogen-bond donors (Lipinski definition) is 2. The largest absolute Gasteiger partial charge is 0.478 e. The van der Waals surface area contributed by atoms with E-state index in [2.05, 4.69) is 15.2 Å². The maximum atomic E-state index is 13.8. The summed E-state index contributed by atoms with van der Waals surface area (Å²) in [6.07, 6.45) is -2.85. The quantitative estimate of drug-likeness (QED) is 0.676. The second kappa shape index (κ2) is 9.05. The zero-order valence-electron chi connectivity index (χ0n) is 16.1. The molecule has 0 saturated heterocycles. The van der Waals surface area contributed by atoms with Crippen LogP contribution in [0.4, 0.5) is 24.7 Å². The minimum atomic E-state index is -4.51. The number of hydrogen-bond acceptors (Lipinski definition) is 4. The summed E-state index contributed by atoms with van der Waals surface area (Å²) >= 11 is 0. The molecule has 1 heterocycles. The summed E-state index contributed by atoms with van der Waals surface area (Å²) in [4.78, 5) is 17.3. The van der Waals surface area contributed by atoms with Crippen molar-refractivity contribution in [1.29, 1.82) is 0 Å². The number of aromatic nitrogens is 1. The SMILES string of the molecule is CCN(CC)CCc1ccc(Nc2ncccc2C(=O)O)c(C)c1C(F)(F)F. The van der Waals surface area contributed by atoms with E-state index >= 15 is 0 Å². The highest BCUT2D eigenvalue weighted by molar-refractivity contribution is 5.94. The topological polar surface area (TPSA) is 65.5 Å². The first-order chi connectivity index (χ1) is 13.2. The average Bonchev–Trinajstić information content (AvgIpc) is 2.63. The molecule has 0 amide bonds. The molecule has 0 atom stereocenters. The molecular weight excluding hydrogens is 371 g/mol. The molecule has 8 heteroatoms. The smallest absolute Gasteiger partial charge is 0.417 e. The van der Waals surface area contributed by atoms with Crippen molar-refractivity contribution in [2.45, 2.75) is 33.4 Å². The summed E-state index contributed by atoms with van der Waals surface area (Å²) in [5, 5.41) is 12.0. The number of pyridine rings is 1. The minimum absolute atomic E-state index is 0.00196. The third kappa shape index (κ3) is 5.01. The van der Waals surface area contributed by atoms with Crippen LogP contribution in [0.15, 0.2) is 30.5 Å². The Morgan fingerprint density at radius 2 is 1.89 bits per heavy atom. The van der Waals surface area contributed by atoms with E-state index < -0.39 is 17.7 Å². The molecule has 0 radical (unpaired) electrons. The van der Waals surface area contributed by atoms with Crippen LogP contribution in [0.2, 0.25) is 0 Å². The Labute approximate surface area is 162 Å². The van der Waals surface area contributed by atoms with Crippen molar-refractivity contribution in [2.75, 3.05) is 25.0 Å². The van der Waals surface area contributed by atoms with Crippen molar-refractivity contribution in [2.24, 2.45) is 0 Å². The minimum Gasteiger partial charge on any atom is -0.478 e. The van der Waals surface area contributed by atoms with Gasteiger partial charge >= 0.3 is 12.1 Å². The van der Waals surface area contributed by atoms with Gasteiger partial charge < -0.3 is 15.3 Å². The number of carboxylic acids is 1. The van der Waals surface area contributed by atoms with Gasteiger partial charge in [0.1, 0.15) is 11.4 Å². The average molecular weight is 395 g/mol. The molecule has 0 fully saturated rings. The van der Waals surface area contributed by atoms with E-state index in [1.165, 1.54) is 31.3 Å². The highest BCUT2D eigenvalue weighted by Gasteiger charge is 2.36. The first-order valence-electron chi connectivity index (χ1n) is 9.06. The van der Waals surface area contributed by atoms with Gasteiger partial charge in [0.15, 0.2) is 0 Å². The van der Waals surface area contributed by atoms with Gasteiger partial charge in [-0.1, -0.05) is 19.9 Å². The lowest BCUT2D eigenvalue weighted by Gasteiger charge is -2.22. The number of carbonyl (C=O) groups is 1. The van der Waals surface area contributed by atoms with Crippen molar-refractivity contribution in [3.63, 3.8) is 0 Å². The lowest BCUT2D eigenvalue weighted by molar-refractivity contribution is -0.138. The highest BCUT2D eigenvalue weighted by atomic mass is 19.4. The zero-order valence-corrected chi connectivity index (χ0v) is 16.1. The molecule has 0 bridgehead atoms. The van der Waals surface area contributed by atoms with E-state index in [0.29, 0.717) is 6.54 Å². The molecular formula is C20H24F3N3O2. The number of nitrogens with one attached hydrogen (secondary N) is 1. The Morgan fingerprint density at radius 1 is 1.21 bits per heavy atom. The Kier molecular flexibility index (Phi) is 7.01. The molecule has 152 valence electrons. The third-order valence-corrected chi connectivity index (χ3v) is 4.72. The Hall–Kier alpha value is -2.61. The number of aromatic carboxylic acids is 1. The van der Waals surface area contributed by atoms with Gasteiger partial charge in [-0.25, -0.2) is 9.78 Å². The van der Waals surface area contributed by atoms with E-state index in [9.17, 15) is 23.1 Å². The van der Waals surface area contributed by atoms with Gasteiger partial charge in [-0.15, -0.1) is 0 Å². The Bertz CT molecular complexity index is 834. The van der Waals surface area contributed by atoms with Gasteiger partial charge in [-0.2, -0.15) is 13.2 Å². The molecule has 1 aromatic heterocycles. The molecule has 0 aliphatic rings. The van der Waals surface area contributed by atoms with Crippen LogP contribution in [0.3, 0.4) is 0 Å². The third-order valence-electron chi connectivity index (χ3n) is 4.72. The molecule has 5 nitrogen and oxygen atoms in total. The maximum Gasteiger partial charge on any atom is 0.417 e. The van der Waals surface area contributed by atoms with Gasteiger partial charge in [0, 0.05) is 18.4 Å². The molecule has 1 aromatic carbocycles. The summed E-state index contributed by atoms with van der Waals surface area (Å²) in [7, 11) is 0. The standard InChI is InChI=1S/C20H24F3N3O2/c1-4-26(5-2)12-10-14-8-9-16(13(3)17(14)20(21,22)23)25-18-15(19(27)28)7-6-11-24-18/h6-9,11H,4-5,10,12H2,1-3H3,(H,24,25)(H,27,28). The fraction of sp³-hybridized carbons (Fsp3) is 0.400. The fourth-order valence-electron chi connectivity index (χ4n) is 3.13. The molecule has 28 heavy (non-hydrogen) atoms. The number of carboxylic acid groups (broad SMARTS) is 1. The molecule has 0 aliphatic carbocycles. The van der Waals surface area contributed by atoms with E-state index in [0.717, 1.165) is 13.1 Å². The zero-order chi connectivity index (χ0) is 20.9. The van der Waals surface area contributed by atoms with Crippen molar-refractivity contribution in [1.82, 2.24) is 9.88 Å². The van der Waals surface area contributed by atoms with Crippen LogP contribution in [0.1, 0.15) is 40.9 Å². The molecule has 0 saturated carbocycles. The van der Waals surface area contributed by atoms with Crippen molar-refractivity contribution in [3.05, 3.63) is 52.7 Å². The summed E-state index contributed by atoms with van der Waals surface area (Å²) in [5.74, 6) is -1.21. The molecule has 2 N–H and O–H groups in total. The van der Waals surface area contributed by atoms with Crippen LogP contribution in [0.25, 0.3) is 0 Å². The Morgan fingerprint density at radius 3 is 2.46 bits per heavy atom. The van der Waals surface area contributed by atoms with Crippen molar-refractivity contribution >= 4 is 17.5 Å². The molecule has 0 unspecified atom stereocenters. The van der Waals surface area contributed by atoms with Gasteiger partial charge in [0.05, 0.1) is 5.56 Å². The maximum absolute atomic E-state index is 13.8. The van der Waals surface area contributed by atoms with E-state index in [1.54, 1.807) is 6.07 Å². The lowest BCUT2D eigenvalue weighted by Crippen LogP contribution is -2.26. The van der Waals surface area contributed by atoms with Crippen LogP contribution in [-0.4, -0.2) is 40.6 Å². The van der Waals surface area contributed by atoms with Gasteiger partial charge in [0.25, 0.3) is 0 Å². The molecule has 0 spiro atoms. The van der Waals surface area contributed by atoms with E-state index in [4.69, 9.17) is 0 Å². The summed E-state index contributed by atoms with van der Waals surface area (Å²) in [6.45, 7) is 7.40. The second-order valence-corrected chi connectivity index (χ2v) is 6.38. The number of halogens is 3. The monoisotopic (exact) mass is 395 g/mol. The molecule has 2 aromatic rings. The van der Waals surface area contributed by atoms with Crippen LogP contribution in [-0.2, 0) is 12.6 Å². The van der Waals surface area contributed by atoms with Crippen molar-refractivity contribution in [3.8, 4) is 0 Å². The van der Waals surface area contributed by atoms with Gasteiger partial charge in [-0.3, -0.25) is 0 Å². The first-order valence-corrected chi connectivity index (χ1v) is 9.06. The summed E-state index contributed by atoms with van der Waals surface area (Å²) in [6, 6.07) is 5.79. The van der Waals surface area contributed by atoms with Gasteiger partial charge in [-0.05, 0) is 55.8 Å².